The Hall–Kier alpha value is -3.52. The van der Waals surface area contributed by atoms with Crippen LogP contribution in [0.3, 0.4) is 0 Å². The highest BCUT2D eigenvalue weighted by atomic mass is 32.2. The summed E-state index contributed by atoms with van der Waals surface area (Å²) in [5.74, 6) is 8.22. The Morgan fingerprint density at radius 1 is 1.23 bits per heavy atom. The van der Waals surface area contributed by atoms with Crippen molar-refractivity contribution in [1.29, 1.82) is 0 Å². The van der Waals surface area contributed by atoms with Gasteiger partial charge in [0.2, 0.25) is 5.91 Å². The molecule has 6 atom stereocenters. The number of hydrogen-bond acceptors (Lipinski definition) is 8. The van der Waals surface area contributed by atoms with Gasteiger partial charge in [-0.15, -0.1) is 0 Å². The number of carbonyl (C=O) groups is 2. The van der Waals surface area contributed by atoms with Crippen LogP contribution in [0, 0.1) is 35.5 Å². The highest BCUT2D eigenvalue weighted by Crippen LogP contribution is 2.52. The Bertz CT molecular complexity index is 1360. The first-order chi connectivity index (χ1) is 20.8. The number of piperidine rings is 1. The first-order valence-corrected chi connectivity index (χ1v) is 16.2. The van der Waals surface area contributed by atoms with E-state index in [-0.39, 0.29) is 22.8 Å². The molecule has 43 heavy (non-hydrogen) atoms. The van der Waals surface area contributed by atoms with Gasteiger partial charge < -0.3 is 10.1 Å². The molecule has 0 radical (unpaired) electrons. The molecule has 3 aliphatic heterocycles. The zero-order valence-corrected chi connectivity index (χ0v) is 26.8. The van der Waals surface area contributed by atoms with Crippen LogP contribution in [-0.2, 0) is 9.53 Å². The maximum absolute atomic E-state index is 14.3. The number of aromatic nitrogens is 1. The van der Waals surface area contributed by atoms with Gasteiger partial charge in [-0.25, -0.2) is 9.37 Å². The van der Waals surface area contributed by atoms with Gasteiger partial charge in [0, 0.05) is 41.9 Å². The van der Waals surface area contributed by atoms with E-state index >= 15 is 0 Å². The number of allylic oxidation sites excluding steroid dienone is 1. The zero-order valence-electron chi connectivity index (χ0n) is 26.0. The molecule has 5 aliphatic rings. The first-order valence-electron chi connectivity index (χ1n) is 15.3. The quantitative estimate of drug-likeness (QED) is 0.402. The number of halogens is 1. The van der Waals surface area contributed by atoms with Gasteiger partial charge >= 0.3 is 0 Å². The number of pyridine rings is 1. The van der Waals surface area contributed by atoms with Gasteiger partial charge in [0.05, 0.1) is 18.7 Å². The molecule has 11 heteroatoms. The number of hydrogen-bond donors (Lipinski definition) is 3. The van der Waals surface area contributed by atoms with Gasteiger partial charge in [-0.3, -0.25) is 25.2 Å². The minimum atomic E-state index is -1.19. The summed E-state index contributed by atoms with van der Waals surface area (Å²) < 4.78 is 19.9. The van der Waals surface area contributed by atoms with Gasteiger partial charge in [0.15, 0.2) is 10.5 Å². The van der Waals surface area contributed by atoms with E-state index in [2.05, 4.69) is 44.9 Å². The summed E-state index contributed by atoms with van der Waals surface area (Å²) in [7, 11) is 1.52. The summed E-state index contributed by atoms with van der Waals surface area (Å²) in [4.78, 5) is 33.0. The van der Waals surface area contributed by atoms with E-state index in [9.17, 15) is 14.0 Å². The number of nitrogens with one attached hydrogen (secondary N) is 3. The lowest BCUT2D eigenvalue weighted by molar-refractivity contribution is -0.121. The molecular formula is C32H43FN6O3S. The molecule has 1 aromatic heterocycles. The number of rotatable bonds is 5. The van der Waals surface area contributed by atoms with E-state index in [0.29, 0.717) is 52.2 Å². The van der Waals surface area contributed by atoms with Crippen LogP contribution in [0.15, 0.2) is 35.4 Å². The molecule has 4 heterocycles. The molecule has 2 amide bonds. The number of amidine groups is 1. The number of anilines is 1. The summed E-state index contributed by atoms with van der Waals surface area (Å²) >= 11 is 1.34. The molecule has 0 aromatic carbocycles. The summed E-state index contributed by atoms with van der Waals surface area (Å²) in [6, 6.07) is 1.12. The fourth-order valence-corrected chi connectivity index (χ4v) is 6.10. The average molecular weight is 611 g/mol. The second kappa shape index (κ2) is 14.3. The number of nitrogens with zero attached hydrogens (tertiary/aromatic N) is 3. The van der Waals surface area contributed by atoms with Gasteiger partial charge in [-0.05, 0) is 61.9 Å². The van der Waals surface area contributed by atoms with Crippen molar-refractivity contribution in [3.8, 4) is 11.8 Å². The Kier molecular flexibility index (Phi) is 10.8. The predicted octanol–water partition coefficient (Wildman–Crippen LogP) is 5.03. The topological polar surface area (TPSA) is 108 Å². The van der Waals surface area contributed by atoms with Crippen molar-refractivity contribution in [2.75, 3.05) is 18.6 Å². The number of methoxy groups -OCH3 is 1. The van der Waals surface area contributed by atoms with E-state index in [1.54, 1.807) is 23.2 Å². The lowest BCUT2D eigenvalue weighted by Gasteiger charge is -2.28. The maximum Gasteiger partial charge on any atom is 0.259 e. The zero-order chi connectivity index (χ0) is 31.3. The van der Waals surface area contributed by atoms with Gasteiger partial charge in [0.1, 0.15) is 17.7 Å². The van der Waals surface area contributed by atoms with E-state index < -0.39 is 18.1 Å². The molecule has 2 aliphatic carbocycles. The van der Waals surface area contributed by atoms with E-state index in [0.717, 1.165) is 19.3 Å². The van der Waals surface area contributed by atoms with E-state index in [4.69, 9.17) is 4.74 Å². The maximum atomic E-state index is 14.3. The van der Waals surface area contributed by atoms with Crippen LogP contribution in [0.5, 0.6) is 0 Å². The molecule has 5 unspecified atom stereocenters. The Morgan fingerprint density at radius 2 is 1.98 bits per heavy atom. The van der Waals surface area contributed by atoms with Crippen LogP contribution in [0.25, 0.3) is 5.57 Å². The van der Waals surface area contributed by atoms with Crippen molar-refractivity contribution >= 4 is 40.1 Å². The number of alkyl halides is 1. The van der Waals surface area contributed by atoms with Gasteiger partial charge in [-0.1, -0.05) is 46.5 Å². The lowest BCUT2D eigenvalue weighted by Crippen LogP contribution is -2.38. The van der Waals surface area contributed by atoms with Crippen molar-refractivity contribution in [2.24, 2.45) is 28.8 Å². The van der Waals surface area contributed by atoms with E-state index in [1.165, 1.54) is 32.0 Å². The van der Waals surface area contributed by atoms with Gasteiger partial charge in [-0.2, -0.15) is 5.10 Å². The fraction of sp³-hybridized carbons (Fsp3) is 0.562. The number of carbonyl (C=O) groups excluding carboxylic acids is 2. The van der Waals surface area contributed by atoms with Crippen molar-refractivity contribution in [3.63, 3.8) is 0 Å². The van der Waals surface area contributed by atoms with Crippen LogP contribution in [0.1, 0.15) is 76.7 Å². The molecule has 1 saturated heterocycles. The summed E-state index contributed by atoms with van der Waals surface area (Å²) in [6.45, 7) is 12.1. The van der Waals surface area contributed by atoms with Crippen LogP contribution in [-0.4, -0.2) is 53.2 Å². The molecule has 9 nitrogen and oxygen atoms in total. The van der Waals surface area contributed by atoms with Crippen molar-refractivity contribution < 1.29 is 18.7 Å². The first kappa shape index (κ1) is 32.4. The third kappa shape index (κ3) is 7.18. The number of dihydropyridines is 1. The number of ether oxygens (including phenoxy) is 1. The molecule has 2 saturated carbocycles. The smallest absolute Gasteiger partial charge is 0.259 e. The minimum Gasteiger partial charge on any atom is -0.495 e. The largest absolute Gasteiger partial charge is 0.495 e. The lowest BCUT2D eigenvalue weighted by atomic mass is 9.94. The molecule has 0 spiro atoms. The summed E-state index contributed by atoms with van der Waals surface area (Å²) in [5.41, 5.74) is 4.25. The molecule has 3 fully saturated rings. The number of hydrazone groups is 1. The van der Waals surface area contributed by atoms with Crippen molar-refractivity contribution in [2.45, 2.75) is 78.4 Å². The summed E-state index contributed by atoms with van der Waals surface area (Å²) in [6.07, 6.45) is 6.79. The average Bonchev–Trinajstić information content (AvgIpc) is 3.94. The molecule has 1 aromatic rings. The van der Waals surface area contributed by atoms with Crippen molar-refractivity contribution in [3.05, 3.63) is 41.4 Å². The Morgan fingerprint density at radius 3 is 2.65 bits per heavy atom. The van der Waals surface area contributed by atoms with Crippen LogP contribution in [0.2, 0.25) is 0 Å². The second-order valence-corrected chi connectivity index (χ2v) is 11.7. The van der Waals surface area contributed by atoms with Crippen LogP contribution >= 0.6 is 11.8 Å². The van der Waals surface area contributed by atoms with Crippen LogP contribution in [0.4, 0.5) is 10.2 Å². The monoisotopic (exact) mass is 610 g/mol. The molecule has 232 valence electrons. The number of fused-ring (bicyclic) bond motifs is 1. The SMILES string of the molecule is CC.CC.COC1=CNC(C(C)F)C=C1c1cc(N2CCC3C(C2=O)[C@@H]3C)ncc1C(=O)NC1=NNC(C#CC2CC2)S1. The minimum absolute atomic E-state index is 0.0251. The fourth-order valence-electron chi connectivity index (χ4n) is 5.39. The highest BCUT2D eigenvalue weighted by Gasteiger charge is 2.55. The second-order valence-electron chi connectivity index (χ2n) is 10.6. The third-order valence-corrected chi connectivity index (χ3v) is 8.84. The van der Waals surface area contributed by atoms with Crippen LogP contribution < -0.4 is 21.0 Å². The van der Waals surface area contributed by atoms with E-state index in [1.807, 2.05) is 27.7 Å². The standard InChI is InChI=1S/C28H31FN6O3S.2C2H6/c1-14-17-8-9-35(27(37)25(14)17)23-11-18(19-10-21(15(2)29)30-13-22(19)38-3)20(12-31-23)26(36)32-28-34-33-24(39-28)7-6-16-4-5-16;2*1-2/h10-17,21,24-25,30,33H,4-5,8-9H2,1-3H3,(H,32,34,36);2*1-2H3/t14-,15?,17?,21?,24?,25?;;/m1../s1. The third-order valence-electron chi connectivity index (χ3n) is 7.96. The Balaban J connectivity index is 0.00000102. The number of thioether (sulfide) groups is 1. The Labute approximate surface area is 258 Å². The molecule has 6 rings (SSSR count). The van der Waals surface area contributed by atoms with Gasteiger partial charge in [0.25, 0.3) is 5.91 Å². The van der Waals surface area contributed by atoms with Crippen molar-refractivity contribution in [1.82, 2.24) is 21.0 Å². The summed E-state index contributed by atoms with van der Waals surface area (Å²) in [5, 5.41) is 10.2. The highest BCUT2D eigenvalue weighted by molar-refractivity contribution is 8.14. The number of amides is 2. The normalized spacial score (nSPS) is 27.3. The molecule has 3 N–H and O–H groups in total. The predicted molar refractivity (Wildman–Crippen MR) is 171 cm³/mol. The molecule has 0 bridgehead atoms. The molecular weight excluding hydrogens is 567 g/mol.